The van der Waals surface area contributed by atoms with Crippen LogP contribution in [0.4, 0.5) is 4.79 Å². The molecule has 14 heteroatoms. The van der Waals surface area contributed by atoms with Crippen molar-refractivity contribution in [2.75, 3.05) is 13.6 Å². The molecule has 1 saturated heterocycles. The molecule has 0 bridgehead atoms. The Morgan fingerprint density at radius 3 is 2.33 bits per heavy atom. The molecule has 52 heavy (non-hydrogen) atoms. The summed E-state index contributed by atoms with van der Waals surface area (Å²) in [6, 6.07) is 8.39. The number of likely N-dealkylation sites (tertiary alicyclic amines) is 1. The summed E-state index contributed by atoms with van der Waals surface area (Å²) in [5.74, 6) is -1.47. The minimum atomic E-state index is -1.19. The highest BCUT2D eigenvalue weighted by Crippen LogP contribution is 2.45. The molecule has 5 atom stereocenters. The molecule has 0 spiro atoms. The molecule has 2 fully saturated rings. The van der Waals surface area contributed by atoms with Gasteiger partial charge < -0.3 is 34.7 Å². The van der Waals surface area contributed by atoms with Crippen LogP contribution in [0.1, 0.15) is 54.4 Å². The maximum absolute atomic E-state index is 14.5. The third-order valence-electron chi connectivity index (χ3n) is 9.47. The van der Waals surface area contributed by atoms with Gasteiger partial charge in [-0.15, -0.1) is 6.58 Å². The fourth-order valence-corrected chi connectivity index (χ4v) is 7.17. The molecule has 6 rings (SSSR count). The number of hydrogen-bond donors (Lipinski definition) is 3. The average molecular weight is 753 g/mol. The molecule has 5 unspecified atom stereocenters. The number of carbonyl (C=O) groups is 4. The summed E-state index contributed by atoms with van der Waals surface area (Å²) < 4.78 is 18.3. The minimum Gasteiger partial charge on any atom is -0.472 e. The largest absolute Gasteiger partial charge is 0.472 e. The third-order valence-corrected chi connectivity index (χ3v) is 9.94. The quantitative estimate of drug-likeness (QED) is 0.172. The van der Waals surface area contributed by atoms with E-state index in [4.69, 9.17) is 42.1 Å². The van der Waals surface area contributed by atoms with Crippen LogP contribution in [0.25, 0.3) is 32.8 Å². The number of likely N-dealkylation sites (N-methyl/N-ethyl adjacent to an activating group) is 1. The first-order valence-corrected chi connectivity index (χ1v) is 17.8. The molecule has 3 N–H and O–H groups in total. The normalized spacial score (nSPS) is 22.2. The second-order valence-electron chi connectivity index (χ2n) is 15.5. The lowest BCUT2D eigenvalue weighted by molar-refractivity contribution is -0.143. The Kier molecular flexibility index (Phi) is 9.63. The van der Waals surface area contributed by atoms with Crippen molar-refractivity contribution in [3.8, 4) is 5.88 Å². The summed E-state index contributed by atoms with van der Waals surface area (Å²) in [6.45, 7) is 14.4. The average Bonchev–Trinajstić information content (AvgIpc) is 3.41. The summed E-state index contributed by atoms with van der Waals surface area (Å²) in [7, 11) is 1.50. The van der Waals surface area contributed by atoms with Crippen LogP contribution in [0.3, 0.4) is 0 Å². The molecule has 2 aromatic carbocycles. The van der Waals surface area contributed by atoms with E-state index in [1.54, 1.807) is 57.2 Å². The number of nitrogens with zero attached hydrogens (tertiary/aromatic N) is 2. The number of carbonyl (C=O) groups excluding carboxylic acids is 4. The number of amides is 4. The van der Waals surface area contributed by atoms with Gasteiger partial charge in [0.25, 0.3) is 0 Å². The lowest BCUT2D eigenvalue weighted by Crippen LogP contribution is -2.60. The number of rotatable bonds is 8. The fraction of sp³-hybridized carbons (Fsp3) is 0.447. The van der Waals surface area contributed by atoms with Gasteiger partial charge >= 0.3 is 6.09 Å². The Labute approximate surface area is 311 Å². The van der Waals surface area contributed by atoms with Crippen molar-refractivity contribution in [2.24, 2.45) is 11.3 Å². The van der Waals surface area contributed by atoms with Crippen molar-refractivity contribution >= 4 is 79.9 Å². The predicted molar refractivity (Wildman–Crippen MR) is 199 cm³/mol. The van der Waals surface area contributed by atoms with Gasteiger partial charge in [-0.2, -0.15) is 0 Å². The first-order valence-electron chi connectivity index (χ1n) is 17.1. The van der Waals surface area contributed by atoms with Gasteiger partial charge in [0.05, 0.1) is 6.54 Å². The van der Waals surface area contributed by atoms with E-state index < -0.39 is 52.7 Å². The van der Waals surface area contributed by atoms with Crippen molar-refractivity contribution < 1.29 is 33.1 Å². The number of fused-ring (bicyclic) bond motifs is 5. The van der Waals surface area contributed by atoms with Crippen LogP contribution in [0, 0.1) is 11.3 Å². The van der Waals surface area contributed by atoms with Crippen molar-refractivity contribution in [3.05, 3.63) is 59.1 Å². The van der Waals surface area contributed by atoms with Gasteiger partial charge in [-0.3, -0.25) is 14.4 Å². The molecule has 4 amide bonds. The SMILES string of the molecule is C=CC1CC1(NC(=O)C1CC(Oc2nc3c4cc(Cl)ccc4oc3c3ccc(Cl)cc23)CN1C(=O)C(NC(=O)OC(C)(C)C)C(C)(C)C)C(=O)NC. The van der Waals surface area contributed by atoms with Crippen LogP contribution in [0.15, 0.2) is 53.5 Å². The number of aromatic nitrogens is 1. The number of alkyl carbamates (subject to hydrolysis) is 1. The number of halogens is 2. The summed E-state index contributed by atoms with van der Waals surface area (Å²) in [5, 5.41) is 11.2. The van der Waals surface area contributed by atoms with E-state index in [-0.39, 0.29) is 30.7 Å². The van der Waals surface area contributed by atoms with Crippen LogP contribution in [-0.4, -0.2) is 76.6 Å². The maximum atomic E-state index is 14.5. The monoisotopic (exact) mass is 751 g/mol. The van der Waals surface area contributed by atoms with Gasteiger partial charge in [0.1, 0.15) is 40.4 Å². The molecule has 2 aromatic heterocycles. The van der Waals surface area contributed by atoms with E-state index in [0.717, 1.165) is 0 Å². The minimum absolute atomic E-state index is 0.0307. The summed E-state index contributed by atoms with van der Waals surface area (Å²) in [6.07, 6.45) is 0.550. The zero-order valence-electron chi connectivity index (χ0n) is 30.2. The number of nitrogens with one attached hydrogen (secondary N) is 3. The lowest BCUT2D eigenvalue weighted by Gasteiger charge is -2.36. The van der Waals surface area contributed by atoms with Gasteiger partial charge in [0.2, 0.25) is 23.6 Å². The standard InChI is InChI=1S/C38H43Cl2N5O7/c1-9-19-17-38(19,34(48)41-8)44-31(46)26-16-22(18-45(26)33(47)30(36(2,3)4)43-35(49)52-37(5,6)7)50-32-24-14-20(39)10-12-23(24)29-28(42-32)25-15-21(40)11-13-27(25)51-29/h9-15,19,22,26,30H,1,16-18H2,2-8H3,(H,41,48)(H,43,49)(H,44,46). The molecular formula is C38H43Cl2N5O7. The molecule has 2 aliphatic rings. The molecule has 276 valence electrons. The van der Waals surface area contributed by atoms with E-state index in [0.29, 0.717) is 49.3 Å². The van der Waals surface area contributed by atoms with E-state index in [1.165, 1.54) is 11.9 Å². The molecular weight excluding hydrogens is 709 g/mol. The van der Waals surface area contributed by atoms with E-state index in [9.17, 15) is 19.2 Å². The number of pyridine rings is 1. The highest BCUT2D eigenvalue weighted by Gasteiger charge is 2.60. The fourth-order valence-electron chi connectivity index (χ4n) is 6.83. The molecule has 4 aromatic rings. The predicted octanol–water partition coefficient (Wildman–Crippen LogP) is 6.54. The molecule has 1 saturated carbocycles. The Bertz CT molecular complexity index is 2120. The van der Waals surface area contributed by atoms with Gasteiger partial charge in [-0.05, 0) is 69.0 Å². The number of ether oxygens (including phenoxy) is 2. The smallest absolute Gasteiger partial charge is 0.408 e. The molecule has 3 heterocycles. The van der Waals surface area contributed by atoms with Gasteiger partial charge in [-0.1, -0.05) is 50.0 Å². The highest BCUT2D eigenvalue weighted by molar-refractivity contribution is 6.32. The van der Waals surface area contributed by atoms with Gasteiger partial charge in [0, 0.05) is 45.6 Å². The Balaban J connectivity index is 1.38. The Hall–Kier alpha value is -4.55. The van der Waals surface area contributed by atoms with Crippen molar-refractivity contribution in [2.45, 2.75) is 83.7 Å². The zero-order valence-corrected chi connectivity index (χ0v) is 31.7. The van der Waals surface area contributed by atoms with Crippen molar-refractivity contribution in [1.82, 2.24) is 25.8 Å². The van der Waals surface area contributed by atoms with Crippen LogP contribution < -0.4 is 20.7 Å². The second-order valence-corrected chi connectivity index (χ2v) is 16.4. The molecule has 1 aliphatic heterocycles. The van der Waals surface area contributed by atoms with Crippen LogP contribution >= 0.6 is 23.2 Å². The molecule has 12 nitrogen and oxygen atoms in total. The van der Waals surface area contributed by atoms with Crippen molar-refractivity contribution in [1.29, 1.82) is 0 Å². The van der Waals surface area contributed by atoms with E-state index in [2.05, 4.69) is 22.5 Å². The topological polar surface area (TPSA) is 152 Å². The third kappa shape index (κ3) is 7.10. The van der Waals surface area contributed by atoms with Crippen molar-refractivity contribution in [3.63, 3.8) is 0 Å². The van der Waals surface area contributed by atoms with Gasteiger partial charge in [-0.25, -0.2) is 9.78 Å². The maximum Gasteiger partial charge on any atom is 0.408 e. The highest BCUT2D eigenvalue weighted by atomic mass is 35.5. The van der Waals surface area contributed by atoms with Crippen LogP contribution in [0.2, 0.25) is 10.0 Å². The number of benzene rings is 2. The number of furan rings is 1. The summed E-state index contributed by atoms with van der Waals surface area (Å²) in [5.41, 5.74) is -1.15. The molecule has 0 radical (unpaired) electrons. The summed E-state index contributed by atoms with van der Waals surface area (Å²) >= 11 is 12.8. The summed E-state index contributed by atoms with van der Waals surface area (Å²) in [4.78, 5) is 61.0. The first-order chi connectivity index (χ1) is 24.3. The van der Waals surface area contributed by atoms with Crippen LogP contribution in [0.5, 0.6) is 5.88 Å². The zero-order chi connectivity index (χ0) is 37.9. The number of hydrogen-bond acceptors (Lipinski definition) is 8. The first kappa shape index (κ1) is 37.2. The van der Waals surface area contributed by atoms with Gasteiger partial charge in [0.15, 0.2) is 5.58 Å². The Morgan fingerprint density at radius 1 is 1.04 bits per heavy atom. The Morgan fingerprint density at radius 2 is 1.71 bits per heavy atom. The lowest BCUT2D eigenvalue weighted by atomic mass is 9.85. The van der Waals surface area contributed by atoms with E-state index in [1.807, 2.05) is 26.8 Å². The molecule has 1 aliphatic carbocycles. The van der Waals surface area contributed by atoms with Crippen LogP contribution in [-0.2, 0) is 19.1 Å². The van der Waals surface area contributed by atoms with E-state index >= 15 is 0 Å². The second kappa shape index (κ2) is 13.5.